The van der Waals surface area contributed by atoms with Crippen molar-refractivity contribution in [3.05, 3.63) is 22.9 Å². The molecular formula is C20H27N5O2S. The topological polar surface area (TPSA) is 87.2 Å². The summed E-state index contributed by atoms with van der Waals surface area (Å²) in [6, 6.07) is 2.48. The van der Waals surface area contributed by atoms with Gasteiger partial charge >= 0.3 is 0 Å². The Morgan fingerprint density at radius 3 is 2.68 bits per heavy atom. The Bertz CT molecular complexity index is 755. The van der Waals surface area contributed by atoms with Gasteiger partial charge in [-0.15, -0.1) is 0 Å². The summed E-state index contributed by atoms with van der Waals surface area (Å²) in [6.45, 7) is 3.02. The van der Waals surface area contributed by atoms with Gasteiger partial charge in [-0.1, -0.05) is 19.3 Å². The Hall–Kier alpha value is -1.93. The van der Waals surface area contributed by atoms with Gasteiger partial charge in [-0.3, -0.25) is 14.9 Å². The molecule has 0 unspecified atom stereocenters. The number of nitrogens with one attached hydrogen (secondary N) is 2. The summed E-state index contributed by atoms with van der Waals surface area (Å²) in [7, 11) is 0. The van der Waals surface area contributed by atoms with Gasteiger partial charge in [-0.2, -0.15) is 0 Å². The molecular weight excluding hydrogens is 374 g/mol. The second-order valence-corrected chi connectivity index (χ2v) is 8.82. The van der Waals surface area contributed by atoms with Crippen molar-refractivity contribution in [3.63, 3.8) is 0 Å². The number of aromatic nitrogens is 2. The van der Waals surface area contributed by atoms with Gasteiger partial charge in [-0.25, -0.2) is 9.97 Å². The van der Waals surface area contributed by atoms with Gasteiger partial charge in [0.05, 0.1) is 10.6 Å². The average molecular weight is 402 g/mol. The van der Waals surface area contributed by atoms with Gasteiger partial charge < -0.3 is 10.2 Å². The minimum atomic E-state index is -0.360. The molecule has 150 valence electrons. The molecule has 0 aromatic carbocycles. The van der Waals surface area contributed by atoms with Crippen LogP contribution in [0.5, 0.6) is 0 Å². The normalized spacial score (nSPS) is 23.4. The minimum absolute atomic E-state index is 0.338. The van der Waals surface area contributed by atoms with E-state index >= 15 is 0 Å². The zero-order valence-corrected chi connectivity index (χ0v) is 16.8. The fourth-order valence-corrected chi connectivity index (χ4v) is 4.79. The number of hydrogen-bond donors (Lipinski definition) is 2. The first-order chi connectivity index (χ1) is 13.7. The van der Waals surface area contributed by atoms with Crippen LogP contribution in [0.15, 0.2) is 17.2 Å². The van der Waals surface area contributed by atoms with Crippen molar-refractivity contribution in [3.8, 4) is 0 Å². The number of carbonyl (C=O) groups excluding carboxylic acids is 2. The summed E-state index contributed by atoms with van der Waals surface area (Å²) in [4.78, 5) is 34.6. The van der Waals surface area contributed by atoms with Gasteiger partial charge in [0, 0.05) is 25.3 Å². The van der Waals surface area contributed by atoms with E-state index in [1.54, 1.807) is 18.3 Å². The highest BCUT2D eigenvalue weighted by atomic mass is 32.2. The Labute approximate surface area is 169 Å². The maximum absolute atomic E-state index is 11.7. The van der Waals surface area contributed by atoms with Crippen LogP contribution in [0.3, 0.4) is 0 Å². The Morgan fingerprint density at radius 1 is 1.18 bits per heavy atom. The Kier molecular flexibility index (Phi) is 6.26. The number of piperidine rings is 1. The second-order valence-electron chi connectivity index (χ2n) is 7.81. The Balaban J connectivity index is 1.30. The van der Waals surface area contributed by atoms with Crippen molar-refractivity contribution >= 4 is 34.9 Å². The van der Waals surface area contributed by atoms with E-state index in [2.05, 4.69) is 25.5 Å². The molecule has 3 fully saturated rings. The quantitative estimate of drug-likeness (QED) is 0.734. The van der Waals surface area contributed by atoms with E-state index in [0.29, 0.717) is 22.5 Å². The molecule has 2 aliphatic heterocycles. The molecule has 0 spiro atoms. The van der Waals surface area contributed by atoms with Gasteiger partial charge in [0.1, 0.15) is 0 Å². The zero-order valence-electron chi connectivity index (χ0n) is 16.0. The van der Waals surface area contributed by atoms with E-state index < -0.39 is 0 Å². The lowest BCUT2D eigenvalue weighted by Gasteiger charge is -2.33. The van der Waals surface area contributed by atoms with Crippen molar-refractivity contribution in [2.45, 2.75) is 51.0 Å². The molecule has 3 aliphatic rings. The number of hydrogen-bond acceptors (Lipinski definition) is 7. The molecule has 2 amide bonds. The molecule has 28 heavy (non-hydrogen) atoms. The van der Waals surface area contributed by atoms with E-state index in [1.807, 2.05) is 0 Å². The molecule has 0 radical (unpaired) electrons. The number of thioether (sulfide) groups is 1. The van der Waals surface area contributed by atoms with Gasteiger partial charge in [0.25, 0.3) is 11.1 Å². The number of amides is 2. The lowest BCUT2D eigenvalue weighted by Crippen LogP contribution is -2.41. The summed E-state index contributed by atoms with van der Waals surface area (Å²) in [5.41, 5.74) is 0.651. The second kappa shape index (κ2) is 9.05. The molecule has 4 rings (SSSR count). The standard InChI is InChI=1S/C20H27N5O2S/c26-18-17(28-20(27)24-18)12-16-6-9-21-19(23-16)25-10-7-14(8-11-25)13-22-15-4-2-1-3-5-15/h6,9,12,14-15,22H,1-5,7-8,10-11,13H2,(H,24,26,27). The lowest BCUT2D eigenvalue weighted by molar-refractivity contribution is -0.115. The van der Waals surface area contributed by atoms with Crippen LogP contribution in [-0.2, 0) is 4.79 Å². The minimum Gasteiger partial charge on any atom is -0.341 e. The highest BCUT2D eigenvalue weighted by Crippen LogP contribution is 2.26. The largest absolute Gasteiger partial charge is 0.341 e. The van der Waals surface area contributed by atoms with Crippen molar-refractivity contribution in [1.29, 1.82) is 0 Å². The van der Waals surface area contributed by atoms with Crippen LogP contribution < -0.4 is 15.5 Å². The average Bonchev–Trinajstić information content (AvgIpc) is 3.04. The van der Waals surface area contributed by atoms with Gasteiger partial charge in [0.2, 0.25) is 5.95 Å². The fourth-order valence-electron chi connectivity index (χ4n) is 4.13. The van der Waals surface area contributed by atoms with Crippen molar-refractivity contribution in [2.24, 2.45) is 5.92 Å². The van der Waals surface area contributed by atoms with Crippen LogP contribution in [-0.4, -0.2) is 46.8 Å². The summed E-state index contributed by atoms with van der Waals surface area (Å²) in [5.74, 6) is 1.05. The number of carbonyl (C=O) groups is 2. The fraction of sp³-hybridized carbons (Fsp3) is 0.600. The molecule has 1 saturated carbocycles. The van der Waals surface area contributed by atoms with Crippen LogP contribution in [0.2, 0.25) is 0 Å². The number of nitrogens with zero attached hydrogens (tertiary/aromatic N) is 3. The van der Waals surface area contributed by atoms with E-state index in [-0.39, 0.29) is 11.1 Å². The van der Waals surface area contributed by atoms with Crippen LogP contribution in [0.25, 0.3) is 6.08 Å². The van der Waals surface area contributed by atoms with E-state index in [4.69, 9.17) is 0 Å². The molecule has 1 aromatic rings. The SMILES string of the molecule is O=C1NC(=O)C(=Cc2ccnc(N3CCC(CNC4CCCCC4)CC3)n2)S1. The molecule has 7 nitrogen and oxygen atoms in total. The smallest absolute Gasteiger partial charge is 0.290 e. The molecule has 3 heterocycles. The predicted octanol–water partition coefficient (Wildman–Crippen LogP) is 2.94. The Morgan fingerprint density at radius 2 is 1.96 bits per heavy atom. The van der Waals surface area contributed by atoms with E-state index in [1.165, 1.54) is 32.1 Å². The van der Waals surface area contributed by atoms with Gasteiger partial charge in [-0.05, 0) is 62.1 Å². The third-order valence-electron chi connectivity index (χ3n) is 5.78. The number of anilines is 1. The zero-order chi connectivity index (χ0) is 19.3. The first kappa shape index (κ1) is 19.4. The number of rotatable bonds is 5. The van der Waals surface area contributed by atoms with Crippen LogP contribution in [0, 0.1) is 5.92 Å². The van der Waals surface area contributed by atoms with E-state index in [0.717, 1.165) is 50.3 Å². The van der Waals surface area contributed by atoms with Crippen molar-refractivity contribution < 1.29 is 9.59 Å². The maximum Gasteiger partial charge on any atom is 0.290 e. The third-order valence-corrected chi connectivity index (χ3v) is 6.59. The molecule has 1 aliphatic carbocycles. The van der Waals surface area contributed by atoms with Crippen molar-refractivity contribution in [1.82, 2.24) is 20.6 Å². The first-order valence-electron chi connectivity index (χ1n) is 10.2. The summed E-state index contributed by atoms with van der Waals surface area (Å²) >= 11 is 0.908. The monoisotopic (exact) mass is 401 g/mol. The van der Waals surface area contributed by atoms with Crippen LogP contribution >= 0.6 is 11.8 Å². The molecule has 1 aromatic heterocycles. The predicted molar refractivity (Wildman–Crippen MR) is 111 cm³/mol. The lowest BCUT2D eigenvalue weighted by atomic mass is 9.93. The highest BCUT2D eigenvalue weighted by Gasteiger charge is 2.26. The summed E-state index contributed by atoms with van der Waals surface area (Å²) in [5, 5.41) is 5.70. The molecule has 0 atom stereocenters. The molecule has 2 saturated heterocycles. The molecule has 0 bridgehead atoms. The summed E-state index contributed by atoms with van der Waals surface area (Å²) in [6.07, 6.45) is 12.4. The van der Waals surface area contributed by atoms with Gasteiger partial charge in [0.15, 0.2) is 0 Å². The first-order valence-corrected chi connectivity index (χ1v) is 11.1. The highest BCUT2D eigenvalue weighted by molar-refractivity contribution is 8.18. The van der Waals surface area contributed by atoms with E-state index in [9.17, 15) is 9.59 Å². The third kappa shape index (κ3) is 4.91. The summed E-state index contributed by atoms with van der Waals surface area (Å²) < 4.78 is 0. The van der Waals surface area contributed by atoms with Crippen LogP contribution in [0.4, 0.5) is 10.7 Å². The molecule has 8 heteroatoms. The van der Waals surface area contributed by atoms with Crippen LogP contribution in [0.1, 0.15) is 50.6 Å². The maximum atomic E-state index is 11.7. The molecule has 2 N–H and O–H groups in total. The van der Waals surface area contributed by atoms with Crippen molar-refractivity contribution in [2.75, 3.05) is 24.5 Å². The number of imide groups is 1.